The minimum atomic E-state index is 0.520. The first-order chi connectivity index (χ1) is 7.88. The lowest BCUT2D eigenvalue weighted by molar-refractivity contribution is 0.434. The molecule has 1 fully saturated rings. The van der Waals surface area contributed by atoms with Crippen LogP contribution in [-0.2, 0) is 6.42 Å². The van der Waals surface area contributed by atoms with Crippen LogP contribution in [0.25, 0.3) is 0 Å². The molecular formula is C14H20N2. The Morgan fingerprint density at radius 2 is 2.44 bits per heavy atom. The van der Waals surface area contributed by atoms with Crippen molar-refractivity contribution in [3.63, 3.8) is 0 Å². The predicted molar refractivity (Wildman–Crippen MR) is 65.2 cm³/mol. The molecule has 0 radical (unpaired) electrons. The van der Waals surface area contributed by atoms with E-state index >= 15 is 0 Å². The molecule has 1 saturated carbocycles. The van der Waals surface area contributed by atoms with Crippen LogP contribution in [0.2, 0.25) is 0 Å². The van der Waals surface area contributed by atoms with Gasteiger partial charge in [0, 0.05) is 18.3 Å². The largest absolute Gasteiger partial charge is 0.306 e. The summed E-state index contributed by atoms with van der Waals surface area (Å²) in [7, 11) is 0. The zero-order valence-corrected chi connectivity index (χ0v) is 9.95. The van der Waals surface area contributed by atoms with Gasteiger partial charge in [0.25, 0.3) is 0 Å². The summed E-state index contributed by atoms with van der Waals surface area (Å²) in [6.45, 7) is 2.29. The van der Waals surface area contributed by atoms with Crippen molar-refractivity contribution in [2.45, 2.75) is 51.1 Å². The van der Waals surface area contributed by atoms with Crippen LogP contribution in [0, 0.1) is 5.92 Å². The predicted octanol–water partition coefficient (Wildman–Crippen LogP) is 2.85. The van der Waals surface area contributed by atoms with E-state index in [9.17, 15) is 0 Å². The Morgan fingerprint density at radius 3 is 3.25 bits per heavy atom. The van der Waals surface area contributed by atoms with E-state index in [0.29, 0.717) is 6.04 Å². The van der Waals surface area contributed by atoms with Gasteiger partial charge in [-0.1, -0.05) is 19.4 Å². The summed E-state index contributed by atoms with van der Waals surface area (Å²) < 4.78 is 0. The highest BCUT2D eigenvalue weighted by Crippen LogP contribution is 2.37. The van der Waals surface area contributed by atoms with Gasteiger partial charge in [-0.15, -0.1) is 0 Å². The molecular weight excluding hydrogens is 196 g/mol. The van der Waals surface area contributed by atoms with E-state index < -0.39 is 0 Å². The molecule has 1 aromatic rings. The standard InChI is InChI=1S/C14H20N2/c1-2-10-9-13(10)16-12-7-3-5-11-6-4-8-15-14(11)12/h4,6,8,10,12-13,16H,2-3,5,7,9H2,1H3. The van der Waals surface area contributed by atoms with Crippen LogP contribution in [0.5, 0.6) is 0 Å². The third-order valence-corrected chi connectivity index (χ3v) is 4.06. The van der Waals surface area contributed by atoms with Crippen molar-refractivity contribution >= 4 is 0 Å². The summed E-state index contributed by atoms with van der Waals surface area (Å²) in [4.78, 5) is 4.57. The highest BCUT2D eigenvalue weighted by molar-refractivity contribution is 5.25. The van der Waals surface area contributed by atoms with Gasteiger partial charge >= 0.3 is 0 Å². The number of aryl methyl sites for hydroxylation is 1. The minimum Gasteiger partial charge on any atom is -0.306 e. The average Bonchev–Trinajstić information content (AvgIpc) is 3.08. The molecule has 0 aliphatic heterocycles. The van der Waals surface area contributed by atoms with E-state index in [2.05, 4.69) is 29.4 Å². The van der Waals surface area contributed by atoms with Crippen LogP contribution in [-0.4, -0.2) is 11.0 Å². The third-order valence-electron chi connectivity index (χ3n) is 4.06. The molecule has 0 bridgehead atoms. The number of fused-ring (bicyclic) bond motifs is 1. The quantitative estimate of drug-likeness (QED) is 0.840. The second kappa shape index (κ2) is 4.17. The zero-order valence-electron chi connectivity index (χ0n) is 9.95. The maximum absolute atomic E-state index is 4.57. The van der Waals surface area contributed by atoms with Crippen molar-refractivity contribution in [1.29, 1.82) is 0 Å². The SMILES string of the molecule is CCC1CC1NC1CCCc2cccnc21. The van der Waals surface area contributed by atoms with Gasteiger partial charge in [-0.3, -0.25) is 4.98 Å². The first-order valence-electron chi connectivity index (χ1n) is 6.58. The van der Waals surface area contributed by atoms with Gasteiger partial charge in [0.2, 0.25) is 0 Å². The molecule has 3 unspecified atom stereocenters. The van der Waals surface area contributed by atoms with Gasteiger partial charge in [0.1, 0.15) is 0 Å². The summed E-state index contributed by atoms with van der Waals surface area (Å²) in [5.41, 5.74) is 2.77. The molecule has 1 heterocycles. The summed E-state index contributed by atoms with van der Waals surface area (Å²) in [5, 5.41) is 3.79. The summed E-state index contributed by atoms with van der Waals surface area (Å²) >= 11 is 0. The number of hydrogen-bond donors (Lipinski definition) is 1. The Balaban J connectivity index is 1.73. The molecule has 2 nitrogen and oxygen atoms in total. The van der Waals surface area contributed by atoms with Crippen molar-refractivity contribution in [2.75, 3.05) is 0 Å². The fraction of sp³-hybridized carbons (Fsp3) is 0.643. The van der Waals surface area contributed by atoms with Gasteiger partial charge < -0.3 is 5.32 Å². The molecule has 2 aliphatic rings. The molecule has 86 valence electrons. The Kier molecular flexibility index (Phi) is 2.68. The van der Waals surface area contributed by atoms with E-state index in [1.54, 1.807) is 0 Å². The lowest BCUT2D eigenvalue weighted by atomic mass is 9.92. The second-order valence-electron chi connectivity index (χ2n) is 5.17. The lowest BCUT2D eigenvalue weighted by Crippen LogP contribution is -2.28. The molecule has 3 rings (SSSR count). The van der Waals surface area contributed by atoms with E-state index in [0.717, 1.165) is 12.0 Å². The molecule has 0 aromatic carbocycles. The first-order valence-corrected chi connectivity index (χ1v) is 6.58. The monoisotopic (exact) mass is 216 g/mol. The van der Waals surface area contributed by atoms with Crippen molar-refractivity contribution in [2.24, 2.45) is 5.92 Å². The van der Waals surface area contributed by atoms with Crippen LogP contribution in [0.15, 0.2) is 18.3 Å². The molecule has 0 amide bonds. The van der Waals surface area contributed by atoms with Gasteiger partial charge in [0.15, 0.2) is 0 Å². The second-order valence-corrected chi connectivity index (χ2v) is 5.17. The smallest absolute Gasteiger partial charge is 0.0605 e. The Hall–Kier alpha value is -0.890. The molecule has 2 heteroatoms. The number of nitrogens with one attached hydrogen (secondary N) is 1. The maximum atomic E-state index is 4.57. The molecule has 1 N–H and O–H groups in total. The molecule has 1 aromatic heterocycles. The first kappa shape index (κ1) is 10.3. The summed E-state index contributed by atoms with van der Waals surface area (Å²) in [6, 6.07) is 5.59. The number of rotatable bonds is 3. The molecule has 0 spiro atoms. The van der Waals surface area contributed by atoms with E-state index in [4.69, 9.17) is 0 Å². The fourth-order valence-electron chi connectivity index (χ4n) is 2.93. The van der Waals surface area contributed by atoms with Gasteiger partial charge in [-0.2, -0.15) is 0 Å². The number of nitrogens with zero attached hydrogens (tertiary/aromatic N) is 1. The summed E-state index contributed by atoms with van der Waals surface area (Å²) in [5.74, 6) is 0.925. The normalized spacial score (nSPS) is 32.2. The fourth-order valence-corrected chi connectivity index (χ4v) is 2.93. The van der Waals surface area contributed by atoms with Gasteiger partial charge in [0.05, 0.1) is 5.69 Å². The highest BCUT2D eigenvalue weighted by atomic mass is 15.0. The average molecular weight is 216 g/mol. The van der Waals surface area contributed by atoms with Crippen LogP contribution in [0.4, 0.5) is 0 Å². The molecule has 3 atom stereocenters. The molecule has 0 saturated heterocycles. The molecule has 16 heavy (non-hydrogen) atoms. The lowest BCUT2D eigenvalue weighted by Gasteiger charge is -2.25. The van der Waals surface area contributed by atoms with Crippen LogP contribution < -0.4 is 5.32 Å². The van der Waals surface area contributed by atoms with E-state index in [1.807, 2.05) is 6.20 Å². The van der Waals surface area contributed by atoms with Crippen molar-refractivity contribution in [1.82, 2.24) is 10.3 Å². The van der Waals surface area contributed by atoms with Crippen LogP contribution in [0.1, 0.15) is 49.9 Å². The molecule has 2 aliphatic carbocycles. The van der Waals surface area contributed by atoms with Gasteiger partial charge in [-0.25, -0.2) is 0 Å². The number of aromatic nitrogens is 1. The zero-order chi connectivity index (χ0) is 11.0. The van der Waals surface area contributed by atoms with Crippen molar-refractivity contribution in [3.05, 3.63) is 29.6 Å². The number of pyridine rings is 1. The van der Waals surface area contributed by atoms with Gasteiger partial charge in [-0.05, 0) is 43.2 Å². The topological polar surface area (TPSA) is 24.9 Å². The summed E-state index contributed by atoms with van der Waals surface area (Å²) in [6.07, 6.45) is 8.40. The minimum absolute atomic E-state index is 0.520. The van der Waals surface area contributed by atoms with Crippen LogP contribution >= 0.6 is 0 Å². The van der Waals surface area contributed by atoms with E-state index in [1.165, 1.54) is 43.4 Å². The highest BCUT2D eigenvalue weighted by Gasteiger charge is 2.37. The number of hydrogen-bond acceptors (Lipinski definition) is 2. The maximum Gasteiger partial charge on any atom is 0.0605 e. The Labute approximate surface area is 97.5 Å². The van der Waals surface area contributed by atoms with E-state index in [-0.39, 0.29) is 0 Å². The van der Waals surface area contributed by atoms with Crippen molar-refractivity contribution in [3.8, 4) is 0 Å². The Bertz CT molecular complexity index is 375. The van der Waals surface area contributed by atoms with Crippen molar-refractivity contribution < 1.29 is 0 Å². The van der Waals surface area contributed by atoms with Crippen LogP contribution in [0.3, 0.4) is 0 Å². The Morgan fingerprint density at radius 1 is 1.50 bits per heavy atom. The third kappa shape index (κ3) is 1.86.